The maximum absolute atomic E-state index is 14.4. The van der Waals surface area contributed by atoms with E-state index >= 15 is 0 Å². The van der Waals surface area contributed by atoms with E-state index in [-0.39, 0.29) is 50.8 Å². The Balaban J connectivity index is 1.13. The first-order chi connectivity index (χ1) is 25.2. The van der Waals surface area contributed by atoms with E-state index in [0.29, 0.717) is 43.2 Å². The van der Waals surface area contributed by atoms with Gasteiger partial charge < -0.3 is 32.9 Å². The lowest BCUT2D eigenvalue weighted by molar-refractivity contribution is -0.179. The van der Waals surface area contributed by atoms with E-state index < -0.39 is 61.0 Å². The Morgan fingerprint density at radius 2 is 1.48 bits per heavy atom. The summed E-state index contributed by atoms with van der Waals surface area (Å²) in [6, 6.07) is 14.6. The number of ether oxygens (including phenoxy) is 6. The lowest BCUT2D eigenvalue weighted by Crippen LogP contribution is -2.51. The molecule has 5 aliphatic rings. The van der Waals surface area contributed by atoms with Crippen molar-refractivity contribution in [2.45, 2.75) is 63.8 Å². The molecule has 3 heterocycles. The third-order valence-electron chi connectivity index (χ3n) is 10.2. The largest absolute Gasteiger partial charge is 0.465 e. The Morgan fingerprint density at radius 1 is 0.827 bits per heavy atom. The lowest BCUT2D eigenvalue weighted by atomic mass is 9.64. The van der Waals surface area contributed by atoms with Gasteiger partial charge in [0.1, 0.15) is 37.3 Å². The topological polar surface area (TPSA) is 157 Å². The lowest BCUT2D eigenvalue weighted by Gasteiger charge is -2.43. The van der Waals surface area contributed by atoms with Gasteiger partial charge in [0.05, 0.1) is 43.4 Å². The standard InChI is InChI=1S/C39H45O12P/c1-2-3-8-30-32(50-34(40)15-16-52(44)33-12-7-5-10-29(33)28-9-4-6-11-31(28)51-52)17-25(18-35(41)47-19-24-13-14-24)36(38(42)48-22-26-20-45-26)37(30)39(43)49-23-27-21-46-27/h3-12,24-27,30,32,36-37H,2,13-23H2,1H3. The quantitative estimate of drug-likeness (QED) is 0.0748. The Bertz CT molecular complexity index is 1730. The van der Waals surface area contributed by atoms with Gasteiger partial charge >= 0.3 is 23.9 Å². The van der Waals surface area contributed by atoms with Crippen LogP contribution in [0.5, 0.6) is 5.75 Å². The zero-order valence-corrected chi connectivity index (χ0v) is 30.1. The summed E-state index contributed by atoms with van der Waals surface area (Å²) in [7, 11) is -3.53. The molecule has 7 rings (SSSR count). The highest BCUT2D eigenvalue weighted by molar-refractivity contribution is 7.67. The van der Waals surface area contributed by atoms with E-state index in [1.807, 2.05) is 37.3 Å². The number of hydrogen-bond acceptors (Lipinski definition) is 12. The zero-order chi connectivity index (χ0) is 36.2. The smallest absolute Gasteiger partial charge is 0.310 e. The molecule has 0 bridgehead atoms. The number of epoxide rings is 2. The number of rotatable bonds is 16. The third-order valence-corrected chi connectivity index (χ3v) is 12.7. The van der Waals surface area contributed by atoms with E-state index in [0.717, 1.165) is 24.0 Å². The molecule has 278 valence electrons. The summed E-state index contributed by atoms with van der Waals surface area (Å²) in [6.07, 6.45) is 4.44. The molecule has 8 unspecified atom stereocenters. The second kappa shape index (κ2) is 15.9. The molecular weight excluding hydrogens is 691 g/mol. The van der Waals surface area contributed by atoms with Gasteiger partial charge in [0.25, 0.3) is 7.37 Å². The Kier molecular flexibility index (Phi) is 11.2. The van der Waals surface area contributed by atoms with Gasteiger partial charge in [-0.2, -0.15) is 0 Å². The normalized spacial score (nSPS) is 29.9. The highest BCUT2D eigenvalue weighted by Gasteiger charge is 2.54. The maximum atomic E-state index is 14.4. The van der Waals surface area contributed by atoms with Crippen LogP contribution in [0.2, 0.25) is 0 Å². The Hall–Kier alpha value is -3.99. The molecular formula is C39H45O12P. The summed E-state index contributed by atoms with van der Waals surface area (Å²) < 4.78 is 54.0. The number of carbonyl (C=O) groups excluding carboxylic acids is 4. The summed E-state index contributed by atoms with van der Waals surface area (Å²) >= 11 is 0. The molecule has 0 radical (unpaired) electrons. The Morgan fingerprint density at radius 3 is 2.15 bits per heavy atom. The second-order valence-electron chi connectivity index (χ2n) is 14.2. The van der Waals surface area contributed by atoms with E-state index in [1.54, 1.807) is 30.3 Å². The molecule has 8 atom stereocenters. The van der Waals surface area contributed by atoms with Crippen molar-refractivity contribution in [1.29, 1.82) is 0 Å². The van der Waals surface area contributed by atoms with Crippen LogP contribution in [-0.2, 0) is 52.2 Å². The van der Waals surface area contributed by atoms with Gasteiger partial charge in [-0.25, -0.2) is 0 Å². The predicted molar refractivity (Wildman–Crippen MR) is 187 cm³/mol. The number of esters is 4. The fourth-order valence-electron chi connectivity index (χ4n) is 7.13. The minimum Gasteiger partial charge on any atom is -0.465 e. The number of carbonyl (C=O) groups is 4. The average molecular weight is 737 g/mol. The second-order valence-corrected chi connectivity index (χ2v) is 16.7. The number of benzene rings is 2. The van der Waals surface area contributed by atoms with Gasteiger partial charge in [-0.1, -0.05) is 55.5 Å². The first kappa shape index (κ1) is 36.4. The molecule has 4 fully saturated rings. The minimum absolute atomic E-state index is 0.00959. The summed E-state index contributed by atoms with van der Waals surface area (Å²) in [4.78, 5) is 54.8. The molecule has 52 heavy (non-hydrogen) atoms. The van der Waals surface area contributed by atoms with Crippen molar-refractivity contribution in [3.8, 4) is 16.9 Å². The van der Waals surface area contributed by atoms with Gasteiger partial charge in [0, 0.05) is 24.1 Å². The fraction of sp³-hybridized carbons (Fsp3) is 0.538. The van der Waals surface area contributed by atoms with Gasteiger partial charge in [-0.05, 0) is 55.2 Å². The molecule has 0 aromatic heterocycles. The van der Waals surface area contributed by atoms with Gasteiger partial charge in [-0.15, -0.1) is 0 Å². The van der Waals surface area contributed by atoms with Crippen LogP contribution in [0.15, 0.2) is 60.7 Å². The number of allylic oxidation sites excluding steroid dienone is 1. The molecule has 2 aromatic rings. The molecule has 13 heteroatoms. The maximum Gasteiger partial charge on any atom is 0.310 e. The van der Waals surface area contributed by atoms with Crippen molar-refractivity contribution in [3.63, 3.8) is 0 Å². The molecule has 0 N–H and O–H groups in total. The molecule has 2 saturated carbocycles. The van der Waals surface area contributed by atoms with E-state index in [9.17, 15) is 23.7 Å². The SMILES string of the molecule is CCC=CC1C(OC(=O)CCP2(=O)Oc3ccccc3-c3ccccc32)CC(CC(=O)OCC2CC2)C(C(=O)OCC2CO2)C1C(=O)OCC1CO1. The van der Waals surface area contributed by atoms with Crippen LogP contribution in [0.25, 0.3) is 11.1 Å². The van der Waals surface area contributed by atoms with E-state index in [1.165, 1.54) is 0 Å². The van der Waals surface area contributed by atoms with Crippen molar-refractivity contribution >= 4 is 36.6 Å². The molecule has 2 aromatic carbocycles. The molecule has 3 aliphatic heterocycles. The Labute approximate surface area is 302 Å². The van der Waals surface area contributed by atoms with E-state index in [2.05, 4.69) is 0 Å². The van der Waals surface area contributed by atoms with Crippen molar-refractivity contribution in [3.05, 3.63) is 60.7 Å². The molecule has 12 nitrogen and oxygen atoms in total. The fourth-order valence-corrected chi connectivity index (χ4v) is 9.39. The van der Waals surface area contributed by atoms with Crippen molar-refractivity contribution < 1.29 is 56.7 Å². The molecule has 0 spiro atoms. The zero-order valence-electron chi connectivity index (χ0n) is 29.2. The molecule has 2 saturated heterocycles. The minimum atomic E-state index is -3.53. The summed E-state index contributed by atoms with van der Waals surface area (Å²) in [5, 5.41) is 0.535. The van der Waals surface area contributed by atoms with Crippen molar-refractivity contribution in [1.82, 2.24) is 0 Å². The van der Waals surface area contributed by atoms with Crippen LogP contribution >= 0.6 is 7.37 Å². The van der Waals surface area contributed by atoms with Crippen molar-refractivity contribution in [2.75, 3.05) is 39.2 Å². The molecule has 2 aliphatic carbocycles. The van der Waals surface area contributed by atoms with Crippen LogP contribution in [0.1, 0.15) is 45.4 Å². The van der Waals surface area contributed by atoms with Gasteiger partial charge in [0.2, 0.25) is 0 Å². The van der Waals surface area contributed by atoms with Gasteiger partial charge in [0.15, 0.2) is 0 Å². The average Bonchev–Trinajstić information content (AvgIpc) is 3.99. The first-order valence-electron chi connectivity index (χ1n) is 18.3. The van der Waals surface area contributed by atoms with Crippen molar-refractivity contribution in [2.24, 2.45) is 29.6 Å². The number of hydrogen-bond donors (Lipinski definition) is 0. The van der Waals surface area contributed by atoms with Crippen LogP contribution in [0.3, 0.4) is 0 Å². The van der Waals surface area contributed by atoms with Crippen LogP contribution in [0, 0.1) is 29.6 Å². The first-order valence-corrected chi connectivity index (χ1v) is 20.1. The van der Waals surface area contributed by atoms with Crippen LogP contribution in [-0.4, -0.2) is 81.4 Å². The number of para-hydroxylation sites is 1. The van der Waals surface area contributed by atoms with E-state index in [4.69, 9.17) is 32.9 Å². The predicted octanol–water partition coefficient (Wildman–Crippen LogP) is 5.01. The number of fused-ring (bicyclic) bond motifs is 3. The highest BCUT2D eigenvalue weighted by atomic mass is 31.2. The summed E-state index contributed by atoms with van der Waals surface area (Å²) in [5.74, 6) is -5.40. The van der Waals surface area contributed by atoms with Crippen LogP contribution in [0.4, 0.5) is 0 Å². The highest BCUT2D eigenvalue weighted by Crippen LogP contribution is 2.55. The molecule has 0 amide bonds. The summed E-state index contributed by atoms with van der Waals surface area (Å²) in [6.45, 7) is 3.18. The van der Waals surface area contributed by atoms with Crippen LogP contribution < -0.4 is 9.83 Å². The third kappa shape index (κ3) is 8.78. The monoisotopic (exact) mass is 736 g/mol. The summed E-state index contributed by atoms with van der Waals surface area (Å²) in [5.41, 5.74) is 1.61. The van der Waals surface area contributed by atoms with Gasteiger partial charge in [-0.3, -0.25) is 23.7 Å².